The molecule has 0 radical (unpaired) electrons. The fourth-order valence-corrected chi connectivity index (χ4v) is 1.57. The van der Waals surface area contributed by atoms with Crippen LogP contribution in [-0.4, -0.2) is 17.1 Å². The maximum Gasteiger partial charge on any atom is 0.320 e. The van der Waals surface area contributed by atoms with Crippen LogP contribution in [0.4, 0.5) is 8.78 Å². The number of aliphatic carboxylic acids is 1. The summed E-state index contributed by atoms with van der Waals surface area (Å²) in [6, 6.07) is 1.12. The lowest BCUT2D eigenvalue weighted by Crippen LogP contribution is -2.32. The molecule has 0 saturated heterocycles. The maximum atomic E-state index is 13.4. The summed E-state index contributed by atoms with van der Waals surface area (Å²) in [5.74, 6) is -2.62. The molecule has 82 valence electrons. The molecule has 3 nitrogen and oxygen atoms in total. The van der Waals surface area contributed by atoms with Crippen LogP contribution in [0, 0.1) is 15.2 Å². The average Bonchev–Trinajstić information content (AvgIpc) is 2.18. The summed E-state index contributed by atoms with van der Waals surface area (Å²) in [5.41, 5.74) is 5.35. The van der Waals surface area contributed by atoms with E-state index in [9.17, 15) is 13.6 Å². The number of halogens is 3. The Morgan fingerprint density at radius 1 is 1.53 bits per heavy atom. The van der Waals surface area contributed by atoms with Crippen molar-refractivity contribution < 1.29 is 18.7 Å². The first-order valence-corrected chi connectivity index (χ1v) is 5.12. The van der Waals surface area contributed by atoms with Crippen molar-refractivity contribution in [1.82, 2.24) is 0 Å². The van der Waals surface area contributed by atoms with Gasteiger partial charge in [0.05, 0.1) is 3.57 Å². The second-order valence-corrected chi connectivity index (χ2v) is 4.06. The van der Waals surface area contributed by atoms with Crippen molar-refractivity contribution in [3.8, 4) is 0 Å². The number of benzene rings is 1. The molecule has 1 atom stereocenters. The van der Waals surface area contributed by atoms with E-state index in [-0.39, 0.29) is 15.6 Å². The lowest BCUT2D eigenvalue weighted by molar-refractivity contribution is -0.138. The van der Waals surface area contributed by atoms with Crippen molar-refractivity contribution in [3.63, 3.8) is 0 Å². The van der Waals surface area contributed by atoms with E-state index >= 15 is 0 Å². The van der Waals surface area contributed by atoms with E-state index in [1.54, 1.807) is 0 Å². The summed E-state index contributed by atoms with van der Waals surface area (Å²) in [5, 5.41) is 8.53. The number of nitrogens with two attached hydrogens (primary N) is 1. The third-order valence-corrected chi connectivity index (χ3v) is 2.86. The molecule has 0 aromatic heterocycles. The lowest BCUT2D eigenvalue weighted by atomic mass is 10.1. The molecule has 1 aromatic carbocycles. The zero-order chi connectivity index (χ0) is 11.6. The van der Waals surface area contributed by atoms with Gasteiger partial charge in [-0.1, -0.05) is 6.07 Å². The lowest BCUT2D eigenvalue weighted by Gasteiger charge is -2.08. The van der Waals surface area contributed by atoms with Gasteiger partial charge in [-0.2, -0.15) is 0 Å². The third kappa shape index (κ3) is 2.85. The summed E-state index contributed by atoms with van der Waals surface area (Å²) in [6.07, 6.45) is -0.155. The number of carbonyl (C=O) groups is 1. The zero-order valence-electron chi connectivity index (χ0n) is 7.51. The molecule has 6 heteroatoms. The van der Waals surface area contributed by atoms with Crippen LogP contribution in [0.5, 0.6) is 0 Å². The standard InChI is InChI=1S/C9H8F2INO2/c10-5-2-1-4(7(11)8(5)12)3-6(13)9(14)15/h1-2,6H,3,13H2,(H,14,15)/t6-/m0/s1/i12-4. The molecular weight excluding hydrogens is 315 g/mol. The number of hydrogen-bond acceptors (Lipinski definition) is 2. The highest BCUT2D eigenvalue weighted by Gasteiger charge is 2.17. The molecule has 0 aliphatic heterocycles. The van der Waals surface area contributed by atoms with Gasteiger partial charge in [0.25, 0.3) is 0 Å². The highest BCUT2D eigenvalue weighted by molar-refractivity contribution is 14.1. The molecule has 0 bridgehead atoms. The molecule has 1 rings (SSSR count). The Balaban J connectivity index is 2.97. The van der Waals surface area contributed by atoms with E-state index in [1.165, 1.54) is 28.7 Å². The van der Waals surface area contributed by atoms with E-state index in [0.29, 0.717) is 0 Å². The smallest absolute Gasteiger partial charge is 0.320 e. The van der Waals surface area contributed by atoms with Crippen LogP contribution in [0.3, 0.4) is 0 Å². The number of carboxylic acids is 1. The predicted octanol–water partition coefficient (Wildman–Crippen LogP) is 1.52. The molecule has 0 amide bonds. The summed E-state index contributed by atoms with van der Waals surface area (Å²) >= 11 is 1.52. The largest absolute Gasteiger partial charge is 0.480 e. The van der Waals surface area contributed by atoms with Crippen LogP contribution in [0.15, 0.2) is 12.1 Å². The van der Waals surface area contributed by atoms with Crippen molar-refractivity contribution in [2.45, 2.75) is 12.5 Å². The normalized spacial score (nSPS) is 12.5. The zero-order valence-corrected chi connectivity index (χ0v) is 9.66. The maximum absolute atomic E-state index is 13.4. The molecule has 0 aliphatic rings. The molecule has 3 N–H and O–H groups in total. The monoisotopic (exact) mass is 323 g/mol. The van der Waals surface area contributed by atoms with Crippen LogP contribution in [-0.2, 0) is 11.2 Å². The first-order chi connectivity index (χ1) is 6.93. The van der Waals surface area contributed by atoms with Crippen molar-refractivity contribution in [3.05, 3.63) is 32.9 Å². The average molecular weight is 323 g/mol. The topological polar surface area (TPSA) is 63.3 Å². The van der Waals surface area contributed by atoms with Gasteiger partial charge in [-0.05, 0) is 34.2 Å². The molecule has 0 spiro atoms. The molecule has 0 aliphatic carbocycles. The van der Waals surface area contributed by atoms with Gasteiger partial charge in [0.1, 0.15) is 17.7 Å². The van der Waals surface area contributed by atoms with Crippen LogP contribution >= 0.6 is 22.6 Å². The summed E-state index contributed by atoms with van der Waals surface area (Å²) < 4.78 is 26.1. The van der Waals surface area contributed by atoms with Gasteiger partial charge in [-0.3, -0.25) is 4.79 Å². The predicted molar refractivity (Wildman–Crippen MR) is 58.4 cm³/mol. The van der Waals surface area contributed by atoms with E-state index in [2.05, 4.69) is 0 Å². The Bertz CT molecular complexity index is 398. The van der Waals surface area contributed by atoms with Crippen molar-refractivity contribution in [2.24, 2.45) is 5.73 Å². The first kappa shape index (κ1) is 12.3. The van der Waals surface area contributed by atoms with Crippen molar-refractivity contribution in [2.75, 3.05) is 0 Å². The van der Waals surface area contributed by atoms with Crippen LogP contribution in [0.25, 0.3) is 0 Å². The van der Waals surface area contributed by atoms with Crippen LogP contribution in [0.1, 0.15) is 5.56 Å². The molecule has 0 saturated carbocycles. The van der Waals surface area contributed by atoms with E-state index < -0.39 is 23.6 Å². The number of rotatable bonds is 3. The highest BCUT2D eigenvalue weighted by Crippen LogP contribution is 2.19. The third-order valence-electron chi connectivity index (χ3n) is 1.87. The van der Waals surface area contributed by atoms with Crippen LogP contribution < -0.4 is 5.73 Å². The Hall–Kier alpha value is -0.760. The van der Waals surface area contributed by atoms with Gasteiger partial charge in [0.2, 0.25) is 0 Å². The second-order valence-electron chi connectivity index (χ2n) is 2.98. The fraction of sp³-hybridized carbons (Fsp3) is 0.222. The Kier molecular flexibility index (Phi) is 3.97. The van der Waals surface area contributed by atoms with Gasteiger partial charge in [0.15, 0.2) is 0 Å². The Labute approximate surface area is 98.4 Å². The summed E-state index contributed by atoms with van der Waals surface area (Å²) in [4.78, 5) is 10.4. The molecule has 0 unspecified atom stereocenters. The Morgan fingerprint density at radius 2 is 2.13 bits per heavy atom. The van der Waals surface area contributed by atoms with Gasteiger partial charge in [0, 0.05) is 6.42 Å². The molecule has 0 fully saturated rings. The minimum atomic E-state index is -1.21. The highest BCUT2D eigenvalue weighted by atomic mass is 123. The second kappa shape index (κ2) is 4.84. The summed E-state index contributed by atoms with van der Waals surface area (Å²) in [7, 11) is 0. The SMILES string of the molecule is N[C@@H](Cc1ccc(F)c([123I])c1F)C(=O)O. The molecule has 15 heavy (non-hydrogen) atoms. The van der Waals surface area contributed by atoms with Gasteiger partial charge < -0.3 is 10.8 Å². The number of hydrogen-bond donors (Lipinski definition) is 2. The molecule has 0 heterocycles. The van der Waals surface area contributed by atoms with E-state index in [0.717, 1.165) is 6.07 Å². The van der Waals surface area contributed by atoms with Gasteiger partial charge >= 0.3 is 5.97 Å². The van der Waals surface area contributed by atoms with Gasteiger partial charge in [-0.15, -0.1) is 0 Å². The minimum Gasteiger partial charge on any atom is -0.480 e. The minimum absolute atomic E-state index is 0.107. The Morgan fingerprint density at radius 3 is 2.67 bits per heavy atom. The number of carboxylic acid groups (broad SMARTS) is 1. The van der Waals surface area contributed by atoms with Gasteiger partial charge in [-0.25, -0.2) is 8.78 Å². The fourth-order valence-electron chi connectivity index (χ4n) is 1.05. The van der Waals surface area contributed by atoms with Crippen molar-refractivity contribution >= 4 is 28.6 Å². The quantitative estimate of drug-likeness (QED) is 0.655. The van der Waals surface area contributed by atoms with E-state index in [1.807, 2.05) is 0 Å². The van der Waals surface area contributed by atoms with Crippen LogP contribution in [0.2, 0.25) is 0 Å². The summed E-state index contributed by atoms with van der Waals surface area (Å²) in [6.45, 7) is 0. The van der Waals surface area contributed by atoms with E-state index in [4.69, 9.17) is 10.8 Å². The molecule has 1 aromatic rings. The molecular formula is C9H8F2INO2. The first-order valence-electron chi connectivity index (χ1n) is 4.04. The van der Waals surface area contributed by atoms with Crippen molar-refractivity contribution in [1.29, 1.82) is 0 Å².